The molecule has 29 heavy (non-hydrogen) atoms. The molecule has 2 aromatic rings. The summed E-state index contributed by atoms with van der Waals surface area (Å²) >= 11 is 12.2. The number of likely N-dealkylation sites (tertiary alicyclic amines) is 1. The summed E-state index contributed by atoms with van der Waals surface area (Å²) < 4.78 is 13.5. The summed E-state index contributed by atoms with van der Waals surface area (Å²) in [5.41, 5.74) is 1.77. The monoisotopic (exact) mass is 456 g/mol. The summed E-state index contributed by atoms with van der Waals surface area (Å²) in [5, 5.41) is 4.55. The highest BCUT2D eigenvalue weighted by molar-refractivity contribution is 6.34. The van der Waals surface area contributed by atoms with Crippen LogP contribution in [0.25, 0.3) is 0 Å². The van der Waals surface area contributed by atoms with E-state index in [9.17, 15) is 9.18 Å². The van der Waals surface area contributed by atoms with Crippen LogP contribution in [0.15, 0.2) is 42.5 Å². The molecule has 2 saturated heterocycles. The Balaban J connectivity index is 0.00000240. The molecule has 2 aliphatic heterocycles. The SMILES string of the molecule is Cl.O=C1C(C2(c3ccc(F)cc3)CCNCC2)CCN1Cc1cc(Cl)cc(Cl)c1. The Bertz CT molecular complexity index is 849. The molecule has 1 unspecified atom stereocenters. The Hall–Kier alpha value is -1.33. The fraction of sp³-hybridized carbons (Fsp3) is 0.409. The van der Waals surface area contributed by atoms with Gasteiger partial charge in [-0.1, -0.05) is 35.3 Å². The van der Waals surface area contributed by atoms with Gasteiger partial charge in [-0.25, -0.2) is 4.39 Å². The van der Waals surface area contributed by atoms with Gasteiger partial charge in [-0.2, -0.15) is 0 Å². The number of carbonyl (C=O) groups excluding carboxylic acids is 1. The van der Waals surface area contributed by atoms with Crippen LogP contribution in [0.1, 0.15) is 30.4 Å². The number of rotatable bonds is 4. The number of carbonyl (C=O) groups is 1. The third kappa shape index (κ3) is 4.56. The number of hydrogen-bond donors (Lipinski definition) is 1. The Labute approximate surface area is 187 Å². The molecule has 156 valence electrons. The molecular formula is C22H24Cl3FN2O. The van der Waals surface area contributed by atoms with E-state index in [0.717, 1.165) is 43.5 Å². The Kier molecular flexibility index (Phi) is 7.10. The van der Waals surface area contributed by atoms with Crippen LogP contribution in [0, 0.1) is 11.7 Å². The predicted molar refractivity (Wildman–Crippen MR) is 117 cm³/mol. The van der Waals surface area contributed by atoms with Gasteiger partial charge in [0.05, 0.1) is 0 Å². The van der Waals surface area contributed by atoms with Gasteiger partial charge in [0.15, 0.2) is 0 Å². The lowest BCUT2D eigenvalue weighted by Crippen LogP contribution is -2.47. The number of amides is 1. The third-order valence-electron chi connectivity index (χ3n) is 6.18. The first-order valence-electron chi connectivity index (χ1n) is 9.68. The molecule has 7 heteroatoms. The van der Waals surface area contributed by atoms with Crippen molar-refractivity contribution in [3.05, 3.63) is 69.5 Å². The van der Waals surface area contributed by atoms with Crippen molar-refractivity contribution in [3.63, 3.8) is 0 Å². The van der Waals surface area contributed by atoms with E-state index < -0.39 is 0 Å². The molecule has 0 aliphatic carbocycles. The summed E-state index contributed by atoms with van der Waals surface area (Å²) in [5.74, 6) is -0.165. The summed E-state index contributed by atoms with van der Waals surface area (Å²) in [4.78, 5) is 15.3. The van der Waals surface area contributed by atoms with Crippen molar-refractivity contribution in [2.75, 3.05) is 19.6 Å². The average Bonchev–Trinajstić information content (AvgIpc) is 3.03. The highest BCUT2D eigenvalue weighted by Crippen LogP contribution is 2.45. The van der Waals surface area contributed by atoms with Gasteiger partial charge in [-0.05, 0) is 73.8 Å². The summed E-state index contributed by atoms with van der Waals surface area (Å²) in [6.07, 6.45) is 2.57. The summed E-state index contributed by atoms with van der Waals surface area (Å²) in [6, 6.07) is 12.1. The average molecular weight is 458 g/mol. The number of benzene rings is 2. The van der Waals surface area contributed by atoms with E-state index in [1.54, 1.807) is 6.07 Å². The number of nitrogens with one attached hydrogen (secondary N) is 1. The normalized spacial score (nSPS) is 21.1. The van der Waals surface area contributed by atoms with Gasteiger partial charge in [-0.3, -0.25) is 4.79 Å². The second-order valence-corrected chi connectivity index (χ2v) is 8.66. The maximum Gasteiger partial charge on any atom is 0.226 e. The van der Waals surface area contributed by atoms with Gasteiger partial charge in [0.2, 0.25) is 5.91 Å². The van der Waals surface area contributed by atoms with Crippen LogP contribution in [0.5, 0.6) is 0 Å². The van der Waals surface area contributed by atoms with Gasteiger partial charge < -0.3 is 10.2 Å². The van der Waals surface area contributed by atoms with Gasteiger partial charge in [-0.15, -0.1) is 12.4 Å². The first-order valence-corrected chi connectivity index (χ1v) is 10.4. The molecule has 2 fully saturated rings. The van der Waals surface area contributed by atoms with Crippen LogP contribution >= 0.6 is 35.6 Å². The molecule has 3 nitrogen and oxygen atoms in total. The van der Waals surface area contributed by atoms with Crippen molar-refractivity contribution >= 4 is 41.5 Å². The smallest absolute Gasteiger partial charge is 0.226 e. The largest absolute Gasteiger partial charge is 0.338 e. The third-order valence-corrected chi connectivity index (χ3v) is 6.61. The molecule has 0 saturated carbocycles. The molecule has 2 aromatic carbocycles. The highest BCUT2D eigenvalue weighted by atomic mass is 35.5. The van der Waals surface area contributed by atoms with E-state index >= 15 is 0 Å². The fourth-order valence-corrected chi connectivity index (χ4v) is 5.40. The van der Waals surface area contributed by atoms with E-state index in [0.29, 0.717) is 23.1 Å². The standard InChI is InChI=1S/C22H23Cl2FN2O.ClH/c23-17-11-15(12-18(24)13-17)14-27-10-5-20(21(27)28)22(6-8-26-9-7-22)16-1-3-19(25)4-2-16;/h1-4,11-13,20,26H,5-10,14H2;1H. The van der Waals surface area contributed by atoms with Gasteiger partial charge in [0.25, 0.3) is 0 Å². The van der Waals surface area contributed by atoms with Crippen molar-refractivity contribution < 1.29 is 9.18 Å². The summed E-state index contributed by atoms with van der Waals surface area (Å²) in [7, 11) is 0. The van der Waals surface area contributed by atoms with Crippen LogP contribution in [0.2, 0.25) is 10.0 Å². The first kappa shape index (κ1) is 22.4. The van der Waals surface area contributed by atoms with Crippen molar-refractivity contribution in [1.29, 1.82) is 0 Å². The Morgan fingerprint density at radius 3 is 2.31 bits per heavy atom. The topological polar surface area (TPSA) is 32.3 Å². The minimum Gasteiger partial charge on any atom is -0.338 e. The van der Waals surface area contributed by atoms with Crippen LogP contribution in [0.3, 0.4) is 0 Å². The van der Waals surface area contributed by atoms with Crippen LogP contribution in [0.4, 0.5) is 4.39 Å². The lowest BCUT2D eigenvalue weighted by atomic mass is 9.64. The number of hydrogen-bond acceptors (Lipinski definition) is 2. The minimum atomic E-state index is -0.245. The van der Waals surface area contributed by atoms with E-state index in [-0.39, 0.29) is 35.5 Å². The summed E-state index contributed by atoms with van der Waals surface area (Å²) in [6.45, 7) is 2.95. The van der Waals surface area contributed by atoms with E-state index in [1.165, 1.54) is 12.1 Å². The second kappa shape index (κ2) is 9.22. The van der Waals surface area contributed by atoms with E-state index in [1.807, 2.05) is 29.2 Å². The van der Waals surface area contributed by atoms with Gasteiger partial charge in [0.1, 0.15) is 5.82 Å². The zero-order chi connectivity index (χ0) is 19.7. The Morgan fingerprint density at radius 2 is 1.69 bits per heavy atom. The molecule has 2 heterocycles. The van der Waals surface area contributed by atoms with Crippen molar-refractivity contribution in [2.24, 2.45) is 5.92 Å². The molecule has 0 bridgehead atoms. The molecule has 0 radical (unpaired) electrons. The van der Waals surface area contributed by atoms with Gasteiger partial charge in [0, 0.05) is 34.5 Å². The fourth-order valence-electron chi connectivity index (χ4n) is 4.82. The van der Waals surface area contributed by atoms with Crippen molar-refractivity contribution in [2.45, 2.75) is 31.2 Å². The molecule has 1 atom stereocenters. The van der Waals surface area contributed by atoms with E-state index in [2.05, 4.69) is 5.32 Å². The molecule has 1 N–H and O–H groups in total. The quantitative estimate of drug-likeness (QED) is 0.682. The van der Waals surface area contributed by atoms with Crippen LogP contribution in [-0.4, -0.2) is 30.4 Å². The molecule has 0 spiro atoms. The predicted octanol–water partition coefficient (Wildman–Crippen LogP) is 5.22. The second-order valence-electron chi connectivity index (χ2n) is 7.79. The lowest BCUT2D eigenvalue weighted by Gasteiger charge is -2.42. The maximum atomic E-state index is 13.5. The zero-order valence-electron chi connectivity index (χ0n) is 16.0. The number of piperidine rings is 1. The molecule has 2 aliphatic rings. The van der Waals surface area contributed by atoms with E-state index in [4.69, 9.17) is 23.2 Å². The molecule has 1 amide bonds. The van der Waals surface area contributed by atoms with Crippen molar-refractivity contribution in [1.82, 2.24) is 10.2 Å². The van der Waals surface area contributed by atoms with Crippen LogP contribution in [-0.2, 0) is 16.8 Å². The number of halogens is 4. The maximum absolute atomic E-state index is 13.5. The molecule has 4 rings (SSSR count). The van der Waals surface area contributed by atoms with Gasteiger partial charge >= 0.3 is 0 Å². The first-order chi connectivity index (χ1) is 13.5. The van der Waals surface area contributed by atoms with Crippen LogP contribution < -0.4 is 5.32 Å². The highest BCUT2D eigenvalue weighted by Gasteiger charge is 2.48. The zero-order valence-corrected chi connectivity index (χ0v) is 18.3. The number of nitrogens with zero attached hydrogens (tertiary/aromatic N) is 1. The Morgan fingerprint density at radius 1 is 1.07 bits per heavy atom. The molecular weight excluding hydrogens is 434 g/mol. The van der Waals surface area contributed by atoms with Crippen molar-refractivity contribution in [3.8, 4) is 0 Å². The molecule has 0 aromatic heterocycles. The lowest BCUT2D eigenvalue weighted by molar-refractivity contribution is -0.133. The minimum absolute atomic E-state index is 0.